The number of hydrogen-bond donors (Lipinski definition) is 2. The van der Waals surface area contributed by atoms with Crippen LogP contribution in [0.2, 0.25) is 0 Å². The zero-order valence-corrected chi connectivity index (χ0v) is 9.38. The van der Waals surface area contributed by atoms with Gasteiger partial charge in [-0.2, -0.15) is 10.4 Å². The topological polar surface area (TPSA) is 92.6 Å². The van der Waals surface area contributed by atoms with Crippen LogP contribution in [0.5, 0.6) is 0 Å². The second-order valence-electron chi connectivity index (χ2n) is 3.58. The quantitative estimate of drug-likeness (QED) is 0.813. The maximum Gasteiger partial charge on any atom is 0.144 e. The van der Waals surface area contributed by atoms with Crippen molar-refractivity contribution in [1.82, 2.24) is 14.8 Å². The summed E-state index contributed by atoms with van der Waals surface area (Å²) in [6.07, 6.45) is 3.24. The molecule has 2 aromatic rings. The third-order valence-electron chi connectivity index (χ3n) is 2.39. The summed E-state index contributed by atoms with van der Waals surface area (Å²) >= 11 is 0. The van der Waals surface area contributed by atoms with Gasteiger partial charge >= 0.3 is 0 Å². The molecule has 0 saturated carbocycles. The largest absolute Gasteiger partial charge is 0.397 e. The zero-order valence-electron chi connectivity index (χ0n) is 9.38. The van der Waals surface area contributed by atoms with Crippen LogP contribution < -0.4 is 11.1 Å². The molecule has 86 valence electrons. The van der Waals surface area contributed by atoms with E-state index in [4.69, 9.17) is 11.0 Å². The number of nitriles is 1. The molecular formula is C11H12N6. The summed E-state index contributed by atoms with van der Waals surface area (Å²) in [6, 6.07) is 5.55. The Morgan fingerprint density at radius 3 is 3.06 bits per heavy atom. The molecule has 3 N–H and O–H groups in total. The molecule has 0 aliphatic heterocycles. The average molecular weight is 228 g/mol. The fourth-order valence-corrected chi connectivity index (χ4v) is 1.46. The highest BCUT2D eigenvalue weighted by Crippen LogP contribution is 2.14. The summed E-state index contributed by atoms with van der Waals surface area (Å²) in [7, 11) is 1.86. The minimum absolute atomic E-state index is 0.437. The molecule has 0 unspecified atom stereocenters. The van der Waals surface area contributed by atoms with Crippen LogP contribution in [0.25, 0.3) is 0 Å². The molecule has 2 heterocycles. The number of aromatic nitrogens is 3. The van der Waals surface area contributed by atoms with Crippen molar-refractivity contribution in [2.45, 2.75) is 6.54 Å². The van der Waals surface area contributed by atoms with Crippen molar-refractivity contribution in [1.29, 1.82) is 5.26 Å². The Labute approximate surface area is 98.7 Å². The van der Waals surface area contributed by atoms with E-state index in [1.165, 1.54) is 6.20 Å². The number of nitrogens with one attached hydrogen (secondary N) is 1. The summed E-state index contributed by atoms with van der Waals surface area (Å²) in [4.78, 5) is 4.09. The molecular weight excluding hydrogens is 216 g/mol. The van der Waals surface area contributed by atoms with Crippen LogP contribution in [0.4, 0.5) is 11.5 Å². The van der Waals surface area contributed by atoms with Crippen molar-refractivity contribution < 1.29 is 0 Å². The van der Waals surface area contributed by atoms with E-state index in [2.05, 4.69) is 21.5 Å². The van der Waals surface area contributed by atoms with Gasteiger partial charge in [0.25, 0.3) is 0 Å². The zero-order chi connectivity index (χ0) is 12.3. The van der Waals surface area contributed by atoms with E-state index in [1.807, 2.05) is 13.1 Å². The van der Waals surface area contributed by atoms with Gasteiger partial charge in [0.15, 0.2) is 0 Å². The molecule has 2 rings (SSSR count). The Morgan fingerprint density at radius 1 is 1.59 bits per heavy atom. The van der Waals surface area contributed by atoms with E-state index in [0.717, 1.165) is 5.69 Å². The lowest BCUT2D eigenvalue weighted by atomic mass is 10.2. The van der Waals surface area contributed by atoms with Crippen LogP contribution in [-0.2, 0) is 13.6 Å². The Bertz CT molecular complexity index is 566. The Kier molecular flexibility index (Phi) is 2.92. The highest BCUT2D eigenvalue weighted by Gasteiger charge is 2.05. The Morgan fingerprint density at radius 2 is 2.41 bits per heavy atom. The van der Waals surface area contributed by atoms with Crippen molar-refractivity contribution >= 4 is 11.5 Å². The first-order chi connectivity index (χ1) is 8.20. The number of anilines is 2. The van der Waals surface area contributed by atoms with Gasteiger partial charge in [0.05, 0.1) is 29.7 Å². The highest BCUT2D eigenvalue weighted by atomic mass is 15.3. The van der Waals surface area contributed by atoms with Gasteiger partial charge in [-0.3, -0.25) is 4.68 Å². The summed E-state index contributed by atoms with van der Waals surface area (Å²) in [5, 5.41) is 16.1. The molecule has 0 atom stereocenters. The number of pyridine rings is 1. The lowest BCUT2D eigenvalue weighted by Crippen LogP contribution is -2.08. The first-order valence-electron chi connectivity index (χ1n) is 5.07. The van der Waals surface area contributed by atoms with Crippen molar-refractivity contribution in [3.05, 3.63) is 35.8 Å². The van der Waals surface area contributed by atoms with Crippen LogP contribution >= 0.6 is 0 Å². The maximum atomic E-state index is 8.95. The number of nitrogen functional groups attached to an aromatic ring is 1. The van der Waals surface area contributed by atoms with Crippen molar-refractivity contribution in [2.24, 2.45) is 7.05 Å². The van der Waals surface area contributed by atoms with Crippen LogP contribution in [0.15, 0.2) is 24.5 Å². The second kappa shape index (κ2) is 4.53. The Hall–Kier alpha value is -2.55. The van der Waals surface area contributed by atoms with Gasteiger partial charge in [-0.05, 0) is 12.1 Å². The SMILES string of the molecule is Cn1nccc1CNc1ncc(N)cc1C#N. The third-order valence-corrected chi connectivity index (χ3v) is 2.39. The third kappa shape index (κ3) is 2.34. The molecule has 0 aliphatic rings. The first kappa shape index (κ1) is 11.0. The van der Waals surface area contributed by atoms with Crippen LogP contribution in [0.1, 0.15) is 11.3 Å². The summed E-state index contributed by atoms with van der Waals surface area (Å²) < 4.78 is 1.76. The van der Waals surface area contributed by atoms with Gasteiger partial charge in [-0.15, -0.1) is 0 Å². The van der Waals surface area contributed by atoms with Crippen molar-refractivity contribution in [3.8, 4) is 6.07 Å². The molecule has 0 radical (unpaired) electrons. The molecule has 6 nitrogen and oxygen atoms in total. The molecule has 6 heteroatoms. The number of aryl methyl sites for hydroxylation is 1. The van der Waals surface area contributed by atoms with E-state index in [-0.39, 0.29) is 0 Å². The summed E-state index contributed by atoms with van der Waals surface area (Å²) in [5.41, 5.74) is 7.49. The van der Waals surface area contributed by atoms with Gasteiger partial charge in [0, 0.05) is 13.2 Å². The van der Waals surface area contributed by atoms with E-state index >= 15 is 0 Å². The fraction of sp³-hybridized carbons (Fsp3) is 0.182. The number of rotatable bonds is 3. The minimum Gasteiger partial charge on any atom is -0.397 e. The molecule has 17 heavy (non-hydrogen) atoms. The summed E-state index contributed by atoms with van der Waals surface area (Å²) in [6.45, 7) is 0.558. The smallest absolute Gasteiger partial charge is 0.144 e. The van der Waals surface area contributed by atoms with Crippen molar-refractivity contribution in [3.63, 3.8) is 0 Å². The predicted octanol–water partition coefficient (Wildman–Crippen LogP) is 0.881. The van der Waals surface area contributed by atoms with E-state index in [9.17, 15) is 0 Å². The minimum atomic E-state index is 0.437. The van der Waals surface area contributed by atoms with E-state index in [1.54, 1.807) is 16.9 Å². The normalized spacial score (nSPS) is 9.88. The van der Waals surface area contributed by atoms with Crippen LogP contribution in [-0.4, -0.2) is 14.8 Å². The predicted molar refractivity (Wildman–Crippen MR) is 63.9 cm³/mol. The van der Waals surface area contributed by atoms with Gasteiger partial charge in [-0.25, -0.2) is 4.98 Å². The second-order valence-corrected chi connectivity index (χ2v) is 3.58. The molecule has 0 bridgehead atoms. The molecule has 0 aromatic carbocycles. The van der Waals surface area contributed by atoms with Crippen LogP contribution in [0, 0.1) is 11.3 Å². The lowest BCUT2D eigenvalue weighted by molar-refractivity contribution is 0.720. The lowest BCUT2D eigenvalue weighted by Gasteiger charge is -2.07. The van der Waals surface area contributed by atoms with Crippen LogP contribution in [0.3, 0.4) is 0 Å². The molecule has 0 aliphatic carbocycles. The van der Waals surface area contributed by atoms with Gasteiger partial charge < -0.3 is 11.1 Å². The van der Waals surface area contributed by atoms with Gasteiger partial charge in [-0.1, -0.05) is 0 Å². The van der Waals surface area contributed by atoms with Gasteiger partial charge in [0.1, 0.15) is 11.9 Å². The van der Waals surface area contributed by atoms with Crippen molar-refractivity contribution in [2.75, 3.05) is 11.1 Å². The number of hydrogen-bond acceptors (Lipinski definition) is 5. The van der Waals surface area contributed by atoms with E-state index in [0.29, 0.717) is 23.6 Å². The molecule has 0 amide bonds. The molecule has 0 saturated heterocycles. The molecule has 0 spiro atoms. The molecule has 2 aromatic heterocycles. The maximum absolute atomic E-state index is 8.95. The van der Waals surface area contributed by atoms with E-state index < -0.39 is 0 Å². The number of nitrogens with two attached hydrogens (primary N) is 1. The van der Waals surface area contributed by atoms with Gasteiger partial charge in [0.2, 0.25) is 0 Å². The summed E-state index contributed by atoms with van der Waals surface area (Å²) in [5.74, 6) is 0.530. The Balaban J connectivity index is 2.15. The highest BCUT2D eigenvalue weighted by molar-refractivity contribution is 5.57. The standard InChI is InChI=1S/C11H12N6/c1-17-10(2-3-16-17)7-15-11-8(5-12)4-9(13)6-14-11/h2-4,6H,7,13H2,1H3,(H,14,15). The average Bonchev–Trinajstić information content (AvgIpc) is 2.73. The monoisotopic (exact) mass is 228 g/mol. The fourth-order valence-electron chi connectivity index (χ4n) is 1.46. The number of nitrogens with zero attached hydrogens (tertiary/aromatic N) is 4. The first-order valence-corrected chi connectivity index (χ1v) is 5.07. The molecule has 0 fully saturated rings.